The van der Waals surface area contributed by atoms with Crippen molar-refractivity contribution in [3.05, 3.63) is 23.4 Å². The molecule has 0 atom stereocenters. The van der Waals surface area contributed by atoms with E-state index in [4.69, 9.17) is 10.8 Å². The van der Waals surface area contributed by atoms with Crippen molar-refractivity contribution >= 4 is 22.7 Å². The Morgan fingerprint density at radius 1 is 1.65 bits per heavy atom. The number of hydrogen-bond donors (Lipinski definition) is 2. The fraction of sp³-hybridized carbons (Fsp3) is 0.333. The Bertz CT molecular complexity index is 463. The fourth-order valence-corrected chi connectivity index (χ4v) is 1.62. The minimum atomic E-state index is -0.144. The average Bonchev–Trinajstić information content (AvgIpc) is 2.30. The third-order valence-corrected chi connectivity index (χ3v) is 2.75. The van der Waals surface area contributed by atoms with Gasteiger partial charge in [-0.2, -0.15) is 0 Å². The molecule has 0 aliphatic heterocycles. The van der Waals surface area contributed by atoms with E-state index in [0.717, 1.165) is 5.56 Å². The van der Waals surface area contributed by atoms with E-state index in [9.17, 15) is 4.79 Å². The molecule has 1 aromatic rings. The van der Waals surface area contributed by atoms with Crippen LogP contribution < -0.4 is 5.73 Å². The SMILES string of the molecule is CC(=O)SCCC#Cc1cnc(N)c(CO)c1. The summed E-state index contributed by atoms with van der Waals surface area (Å²) < 4.78 is 0. The van der Waals surface area contributed by atoms with Crippen LogP contribution in [0.15, 0.2) is 12.3 Å². The van der Waals surface area contributed by atoms with E-state index in [-0.39, 0.29) is 11.7 Å². The standard InChI is InChI=1S/C12H14N2O2S/c1-9(16)17-5-3-2-4-10-6-11(8-15)12(13)14-7-10/h6-7,15H,3,5,8H2,1H3,(H2,13,14). The zero-order chi connectivity index (χ0) is 12.7. The van der Waals surface area contributed by atoms with E-state index in [0.29, 0.717) is 23.6 Å². The lowest BCUT2D eigenvalue weighted by Crippen LogP contribution is -1.98. The van der Waals surface area contributed by atoms with Gasteiger partial charge in [-0.1, -0.05) is 23.6 Å². The highest BCUT2D eigenvalue weighted by atomic mass is 32.2. The molecule has 0 unspecified atom stereocenters. The predicted molar refractivity (Wildman–Crippen MR) is 69.2 cm³/mol. The van der Waals surface area contributed by atoms with Gasteiger partial charge in [-0.05, 0) is 6.07 Å². The maximum Gasteiger partial charge on any atom is 0.185 e. The first-order valence-electron chi connectivity index (χ1n) is 5.11. The van der Waals surface area contributed by atoms with Gasteiger partial charge < -0.3 is 10.8 Å². The van der Waals surface area contributed by atoms with Crippen molar-refractivity contribution in [2.75, 3.05) is 11.5 Å². The minimum absolute atomic E-state index is 0.100. The van der Waals surface area contributed by atoms with Gasteiger partial charge in [0.1, 0.15) is 5.82 Å². The number of aliphatic hydroxyl groups is 1. The maximum atomic E-state index is 10.7. The predicted octanol–water partition coefficient (Wildman–Crippen LogP) is 1.18. The number of pyridine rings is 1. The summed E-state index contributed by atoms with van der Waals surface area (Å²) in [5.41, 5.74) is 6.85. The van der Waals surface area contributed by atoms with E-state index in [2.05, 4.69) is 16.8 Å². The van der Waals surface area contributed by atoms with Gasteiger partial charge in [0.05, 0.1) is 6.61 Å². The molecule has 0 aliphatic carbocycles. The third kappa shape index (κ3) is 4.89. The van der Waals surface area contributed by atoms with Crippen LogP contribution >= 0.6 is 11.8 Å². The van der Waals surface area contributed by atoms with Gasteiger partial charge in [-0.25, -0.2) is 4.98 Å². The zero-order valence-electron chi connectivity index (χ0n) is 9.56. The van der Waals surface area contributed by atoms with Crippen LogP contribution in [0.5, 0.6) is 0 Å². The Hall–Kier alpha value is -1.51. The number of rotatable bonds is 3. The highest BCUT2D eigenvalue weighted by molar-refractivity contribution is 8.13. The molecule has 5 heteroatoms. The molecule has 90 valence electrons. The van der Waals surface area contributed by atoms with E-state index >= 15 is 0 Å². The second-order valence-corrected chi connectivity index (χ2v) is 4.59. The summed E-state index contributed by atoms with van der Waals surface area (Å²) in [6.07, 6.45) is 2.21. The van der Waals surface area contributed by atoms with Gasteiger partial charge in [0.25, 0.3) is 0 Å². The number of thioether (sulfide) groups is 1. The molecule has 0 aromatic carbocycles. The Balaban J connectivity index is 2.57. The van der Waals surface area contributed by atoms with Crippen LogP contribution in [0.2, 0.25) is 0 Å². The lowest BCUT2D eigenvalue weighted by atomic mass is 10.2. The quantitative estimate of drug-likeness (QED) is 0.622. The second-order valence-electron chi connectivity index (χ2n) is 3.32. The summed E-state index contributed by atoms with van der Waals surface area (Å²) in [5, 5.41) is 9.11. The van der Waals surface area contributed by atoms with Crippen LogP contribution in [0.3, 0.4) is 0 Å². The lowest BCUT2D eigenvalue weighted by molar-refractivity contribution is -0.109. The molecular formula is C12H14N2O2S. The summed E-state index contributed by atoms with van der Waals surface area (Å²) >= 11 is 1.26. The molecule has 0 aliphatic rings. The van der Waals surface area contributed by atoms with E-state index in [1.54, 1.807) is 12.3 Å². The molecule has 1 aromatic heterocycles. The highest BCUT2D eigenvalue weighted by Gasteiger charge is 1.99. The molecule has 1 rings (SSSR count). The number of aromatic nitrogens is 1. The number of hydrogen-bond acceptors (Lipinski definition) is 5. The van der Waals surface area contributed by atoms with Crippen LogP contribution in [-0.2, 0) is 11.4 Å². The molecule has 0 fully saturated rings. The Morgan fingerprint density at radius 3 is 3.06 bits per heavy atom. The highest BCUT2D eigenvalue weighted by Crippen LogP contribution is 2.09. The summed E-state index contributed by atoms with van der Waals surface area (Å²) in [6.45, 7) is 1.39. The molecule has 0 saturated carbocycles. The molecule has 0 bridgehead atoms. The van der Waals surface area contributed by atoms with Gasteiger partial charge >= 0.3 is 0 Å². The molecule has 0 saturated heterocycles. The number of nitrogen functional groups attached to an aromatic ring is 1. The van der Waals surface area contributed by atoms with Crippen LogP contribution in [0.4, 0.5) is 5.82 Å². The average molecular weight is 250 g/mol. The Morgan fingerprint density at radius 2 is 2.41 bits per heavy atom. The maximum absolute atomic E-state index is 10.7. The minimum Gasteiger partial charge on any atom is -0.392 e. The molecular weight excluding hydrogens is 236 g/mol. The number of nitrogens with zero attached hydrogens (tertiary/aromatic N) is 1. The van der Waals surface area contributed by atoms with E-state index < -0.39 is 0 Å². The molecule has 3 N–H and O–H groups in total. The van der Waals surface area contributed by atoms with Crippen molar-refractivity contribution in [1.29, 1.82) is 0 Å². The largest absolute Gasteiger partial charge is 0.392 e. The summed E-state index contributed by atoms with van der Waals surface area (Å²) in [6, 6.07) is 1.72. The summed E-state index contributed by atoms with van der Waals surface area (Å²) in [5.74, 6) is 6.88. The molecule has 4 nitrogen and oxygen atoms in total. The van der Waals surface area contributed by atoms with Gasteiger partial charge in [0.2, 0.25) is 0 Å². The smallest absolute Gasteiger partial charge is 0.185 e. The van der Waals surface area contributed by atoms with Crippen LogP contribution in [0.1, 0.15) is 24.5 Å². The van der Waals surface area contributed by atoms with Crippen molar-refractivity contribution in [3.63, 3.8) is 0 Å². The number of anilines is 1. The number of carbonyl (C=O) groups is 1. The van der Waals surface area contributed by atoms with Crippen LogP contribution in [-0.4, -0.2) is 21.0 Å². The van der Waals surface area contributed by atoms with E-state index in [1.165, 1.54) is 18.7 Å². The third-order valence-electron chi connectivity index (χ3n) is 1.94. The van der Waals surface area contributed by atoms with Crippen molar-refractivity contribution in [1.82, 2.24) is 4.98 Å². The first kappa shape index (κ1) is 13.6. The van der Waals surface area contributed by atoms with Crippen molar-refractivity contribution in [2.45, 2.75) is 20.0 Å². The fourth-order valence-electron chi connectivity index (χ4n) is 1.13. The summed E-state index contributed by atoms with van der Waals surface area (Å²) in [7, 11) is 0. The molecule has 0 radical (unpaired) electrons. The van der Waals surface area contributed by atoms with Crippen molar-refractivity contribution in [2.24, 2.45) is 0 Å². The van der Waals surface area contributed by atoms with Gasteiger partial charge in [0.15, 0.2) is 5.12 Å². The molecule has 0 spiro atoms. The van der Waals surface area contributed by atoms with Crippen molar-refractivity contribution in [3.8, 4) is 11.8 Å². The Labute approximate surface area is 105 Å². The van der Waals surface area contributed by atoms with Crippen LogP contribution in [0.25, 0.3) is 0 Å². The van der Waals surface area contributed by atoms with Crippen LogP contribution in [0, 0.1) is 11.8 Å². The van der Waals surface area contributed by atoms with Gasteiger partial charge in [0, 0.05) is 36.4 Å². The number of nitrogens with two attached hydrogens (primary N) is 1. The Kier molecular flexibility index (Phi) is 5.53. The first-order valence-corrected chi connectivity index (χ1v) is 6.09. The number of aliphatic hydroxyl groups excluding tert-OH is 1. The monoisotopic (exact) mass is 250 g/mol. The summed E-state index contributed by atoms with van der Waals surface area (Å²) in [4.78, 5) is 14.6. The molecule has 17 heavy (non-hydrogen) atoms. The zero-order valence-corrected chi connectivity index (χ0v) is 10.4. The normalized spacial score (nSPS) is 9.53. The lowest BCUT2D eigenvalue weighted by Gasteiger charge is -2.00. The second kappa shape index (κ2) is 6.94. The molecule has 1 heterocycles. The molecule has 0 amide bonds. The topological polar surface area (TPSA) is 76.2 Å². The van der Waals surface area contributed by atoms with Crippen molar-refractivity contribution < 1.29 is 9.90 Å². The first-order chi connectivity index (χ1) is 8.13. The van der Waals surface area contributed by atoms with Gasteiger partial charge in [-0.3, -0.25) is 4.79 Å². The van der Waals surface area contributed by atoms with Gasteiger partial charge in [-0.15, -0.1) is 0 Å². The number of carbonyl (C=O) groups excluding carboxylic acids is 1. The van der Waals surface area contributed by atoms with E-state index in [1.807, 2.05) is 0 Å².